The standard InChI is InChI=1S/C16H22Cl2N2O2/c1-10(20-7-3-4-12(9-20)11(2)21)16(22)19-15-6-5-13(17)8-14(15)18/h5-6,8,10-12,21H,3-4,7,9H2,1-2H3,(H,19,22). The van der Waals surface area contributed by atoms with Crippen molar-refractivity contribution in [2.75, 3.05) is 18.4 Å². The van der Waals surface area contributed by atoms with Gasteiger partial charge in [0.15, 0.2) is 0 Å². The highest BCUT2D eigenvalue weighted by atomic mass is 35.5. The number of rotatable bonds is 4. The minimum absolute atomic E-state index is 0.101. The quantitative estimate of drug-likeness (QED) is 0.879. The molecule has 1 heterocycles. The van der Waals surface area contributed by atoms with Gasteiger partial charge < -0.3 is 10.4 Å². The molecule has 6 heteroatoms. The number of carbonyl (C=O) groups is 1. The van der Waals surface area contributed by atoms with Gasteiger partial charge in [0.05, 0.1) is 22.9 Å². The van der Waals surface area contributed by atoms with E-state index < -0.39 is 0 Å². The Morgan fingerprint density at radius 3 is 2.77 bits per heavy atom. The van der Waals surface area contributed by atoms with E-state index in [4.69, 9.17) is 23.2 Å². The minimum Gasteiger partial charge on any atom is -0.393 e. The van der Waals surface area contributed by atoms with Crippen molar-refractivity contribution in [1.29, 1.82) is 0 Å². The van der Waals surface area contributed by atoms with Crippen LogP contribution in [0, 0.1) is 5.92 Å². The molecule has 1 aromatic carbocycles. The zero-order valence-corrected chi connectivity index (χ0v) is 14.4. The summed E-state index contributed by atoms with van der Waals surface area (Å²) < 4.78 is 0. The van der Waals surface area contributed by atoms with Gasteiger partial charge in [-0.05, 0) is 57.4 Å². The minimum atomic E-state index is -0.344. The molecular weight excluding hydrogens is 323 g/mol. The zero-order chi connectivity index (χ0) is 16.3. The zero-order valence-electron chi connectivity index (χ0n) is 12.9. The summed E-state index contributed by atoms with van der Waals surface area (Å²) in [5, 5.41) is 13.6. The van der Waals surface area contributed by atoms with E-state index in [0.29, 0.717) is 15.7 Å². The van der Waals surface area contributed by atoms with E-state index in [2.05, 4.69) is 10.2 Å². The highest BCUT2D eigenvalue weighted by Gasteiger charge is 2.29. The molecule has 0 spiro atoms. The third-order valence-electron chi connectivity index (χ3n) is 4.29. The van der Waals surface area contributed by atoms with Crippen LogP contribution < -0.4 is 5.32 Å². The second kappa shape index (κ2) is 7.64. The molecule has 1 aliphatic rings. The number of hydrogen-bond donors (Lipinski definition) is 2. The van der Waals surface area contributed by atoms with E-state index in [1.807, 2.05) is 13.8 Å². The van der Waals surface area contributed by atoms with Crippen molar-refractivity contribution < 1.29 is 9.90 Å². The van der Waals surface area contributed by atoms with Gasteiger partial charge >= 0.3 is 0 Å². The molecule has 0 aromatic heterocycles. The molecule has 4 nitrogen and oxygen atoms in total. The van der Waals surface area contributed by atoms with Gasteiger partial charge in [-0.25, -0.2) is 0 Å². The Kier molecular flexibility index (Phi) is 6.09. The fourth-order valence-corrected chi connectivity index (χ4v) is 3.24. The van der Waals surface area contributed by atoms with Crippen LogP contribution in [0.4, 0.5) is 5.69 Å². The Morgan fingerprint density at radius 1 is 1.41 bits per heavy atom. The number of piperidine rings is 1. The molecule has 2 N–H and O–H groups in total. The van der Waals surface area contributed by atoms with E-state index in [0.717, 1.165) is 25.9 Å². The first-order valence-corrected chi connectivity index (χ1v) is 8.32. The average molecular weight is 345 g/mol. The van der Waals surface area contributed by atoms with Crippen molar-refractivity contribution in [2.24, 2.45) is 5.92 Å². The van der Waals surface area contributed by atoms with Gasteiger partial charge in [-0.1, -0.05) is 23.2 Å². The van der Waals surface area contributed by atoms with Crippen molar-refractivity contribution in [3.63, 3.8) is 0 Å². The molecule has 1 aliphatic heterocycles. The van der Waals surface area contributed by atoms with Crippen LogP contribution in [-0.4, -0.2) is 41.1 Å². The maximum atomic E-state index is 12.4. The molecular formula is C16H22Cl2N2O2. The lowest BCUT2D eigenvalue weighted by atomic mass is 9.92. The highest BCUT2D eigenvalue weighted by molar-refractivity contribution is 6.36. The molecule has 122 valence electrons. The third-order valence-corrected chi connectivity index (χ3v) is 4.84. The number of anilines is 1. The van der Waals surface area contributed by atoms with Gasteiger partial charge in [-0.2, -0.15) is 0 Å². The average Bonchev–Trinajstić information content (AvgIpc) is 2.49. The largest absolute Gasteiger partial charge is 0.393 e. The number of benzene rings is 1. The number of aliphatic hydroxyl groups excluding tert-OH is 1. The Bertz CT molecular complexity index is 537. The summed E-state index contributed by atoms with van der Waals surface area (Å²) in [5.41, 5.74) is 0.562. The van der Waals surface area contributed by atoms with Gasteiger partial charge in [-0.3, -0.25) is 9.69 Å². The van der Waals surface area contributed by atoms with E-state index in [-0.39, 0.29) is 24.0 Å². The lowest BCUT2D eigenvalue weighted by Crippen LogP contribution is -2.48. The fraction of sp³-hybridized carbons (Fsp3) is 0.562. The summed E-state index contributed by atoms with van der Waals surface area (Å²) in [5.74, 6) is 0.124. The van der Waals surface area contributed by atoms with Gasteiger partial charge in [-0.15, -0.1) is 0 Å². The number of likely N-dealkylation sites (tertiary alicyclic amines) is 1. The molecule has 0 radical (unpaired) electrons. The monoisotopic (exact) mass is 344 g/mol. The lowest BCUT2D eigenvalue weighted by Gasteiger charge is -2.37. The number of amides is 1. The predicted octanol–water partition coefficient (Wildman–Crippen LogP) is 3.41. The number of halogens is 2. The van der Waals surface area contributed by atoms with Crippen molar-refractivity contribution in [3.05, 3.63) is 28.2 Å². The summed E-state index contributed by atoms with van der Waals surface area (Å²) in [7, 11) is 0. The molecule has 0 aliphatic carbocycles. The van der Waals surface area contributed by atoms with E-state index >= 15 is 0 Å². The highest BCUT2D eigenvalue weighted by Crippen LogP contribution is 2.26. The molecule has 1 fully saturated rings. The second-order valence-corrected chi connectivity index (χ2v) is 6.77. The smallest absolute Gasteiger partial charge is 0.241 e. The Balaban J connectivity index is 1.99. The van der Waals surface area contributed by atoms with Gasteiger partial charge in [0.1, 0.15) is 0 Å². The first-order chi connectivity index (χ1) is 10.4. The van der Waals surface area contributed by atoms with Crippen molar-refractivity contribution in [1.82, 2.24) is 4.90 Å². The Morgan fingerprint density at radius 2 is 2.14 bits per heavy atom. The molecule has 1 aromatic rings. The molecule has 3 atom stereocenters. The van der Waals surface area contributed by atoms with E-state index in [1.165, 1.54) is 0 Å². The first-order valence-electron chi connectivity index (χ1n) is 7.56. The van der Waals surface area contributed by atoms with Crippen molar-refractivity contribution >= 4 is 34.8 Å². The van der Waals surface area contributed by atoms with Crippen molar-refractivity contribution in [3.8, 4) is 0 Å². The Hall–Kier alpha value is -0.810. The van der Waals surface area contributed by atoms with Crippen LogP contribution in [0.2, 0.25) is 10.0 Å². The normalized spacial score (nSPS) is 22.1. The maximum Gasteiger partial charge on any atom is 0.241 e. The molecule has 3 unspecified atom stereocenters. The van der Waals surface area contributed by atoms with Crippen LogP contribution in [0.5, 0.6) is 0 Å². The van der Waals surface area contributed by atoms with Crippen LogP contribution in [0.25, 0.3) is 0 Å². The number of nitrogens with zero attached hydrogens (tertiary/aromatic N) is 1. The fourth-order valence-electron chi connectivity index (χ4n) is 2.78. The predicted molar refractivity (Wildman–Crippen MR) is 90.5 cm³/mol. The summed E-state index contributed by atoms with van der Waals surface area (Å²) >= 11 is 11.9. The third kappa shape index (κ3) is 4.35. The molecule has 0 bridgehead atoms. The SMILES string of the molecule is CC(O)C1CCCN(C(C)C(=O)Nc2ccc(Cl)cc2Cl)C1. The second-order valence-electron chi connectivity index (χ2n) is 5.93. The van der Waals surface area contributed by atoms with Crippen LogP contribution >= 0.6 is 23.2 Å². The van der Waals surface area contributed by atoms with E-state index in [9.17, 15) is 9.90 Å². The number of aliphatic hydroxyl groups is 1. The maximum absolute atomic E-state index is 12.4. The van der Waals surface area contributed by atoms with Crippen LogP contribution in [-0.2, 0) is 4.79 Å². The number of carbonyl (C=O) groups excluding carboxylic acids is 1. The topological polar surface area (TPSA) is 52.6 Å². The molecule has 1 saturated heterocycles. The van der Waals surface area contributed by atoms with Crippen LogP contribution in [0.1, 0.15) is 26.7 Å². The molecule has 2 rings (SSSR count). The number of hydrogen-bond acceptors (Lipinski definition) is 3. The van der Waals surface area contributed by atoms with Crippen LogP contribution in [0.15, 0.2) is 18.2 Å². The van der Waals surface area contributed by atoms with Gasteiger partial charge in [0.2, 0.25) is 5.91 Å². The summed E-state index contributed by atoms with van der Waals surface area (Å²) in [6.45, 7) is 5.29. The molecule has 0 saturated carbocycles. The summed E-state index contributed by atoms with van der Waals surface area (Å²) in [6.07, 6.45) is 1.66. The first kappa shape index (κ1) is 17.5. The molecule has 1 amide bonds. The molecule has 22 heavy (non-hydrogen) atoms. The van der Waals surface area contributed by atoms with Gasteiger partial charge in [0, 0.05) is 11.6 Å². The number of nitrogens with one attached hydrogen (secondary N) is 1. The summed E-state index contributed by atoms with van der Waals surface area (Å²) in [6, 6.07) is 4.73. The van der Waals surface area contributed by atoms with Crippen molar-refractivity contribution in [2.45, 2.75) is 38.8 Å². The summed E-state index contributed by atoms with van der Waals surface area (Å²) in [4.78, 5) is 14.5. The van der Waals surface area contributed by atoms with E-state index in [1.54, 1.807) is 18.2 Å². The lowest BCUT2D eigenvalue weighted by molar-refractivity contribution is -0.121. The van der Waals surface area contributed by atoms with Gasteiger partial charge in [0.25, 0.3) is 0 Å². The Labute approximate surface area is 141 Å². The van der Waals surface area contributed by atoms with Crippen LogP contribution in [0.3, 0.4) is 0 Å².